The van der Waals surface area contributed by atoms with Crippen LogP contribution in [0.5, 0.6) is 0 Å². The minimum Gasteiger partial charge on any atom is -0.377 e. The summed E-state index contributed by atoms with van der Waals surface area (Å²) in [4.78, 5) is 13.1. The summed E-state index contributed by atoms with van der Waals surface area (Å²) in [6, 6.07) is 8.48. The topological polar surface area (TPSA) is 38.2 Å². The fraction of sp³-hybridized carbons (Fsp3) is 0.548. The van der Waals surface area contributed by atoms with Crippen molar-refractivity contribution in [2.45, 2.75) is 83.6 Å². The third-order valence-corrected chi connectivity index (χ3v) is 8.56. The third-order valence-electron chi connectivity index (χ3n) is 8.31. The zero-order valence-corrected chi connectivity index (χ0v) is 22.6. The Kier molecular flexibility index (Phi) is 8.43. The van der Waals surface area contributed by atoms with E-state index in [4.69, 9.17) is 26.3 Å². The van der Waals surface area contributed by atoms with Gasteiger partial charge in [0.25, 0.3) is 0 Å². The quantitative estimate of drug-likeness (QED) is 0.491. The molecule has 36 heavy (non-hydrogen) atoms. The maximum absolute atomic E-state index is 6.14. The van der Waals surface area contributed by atoms with Crippen molar-refractivity contribution in [1.82, 2.24) is 9.97 Å². The Balaban J connectivity index is 1.58. The second-order valence-electron chi connectivity index (χ2n) is 10.8. The molecule has 2 fully saturated rings. The third kappa shape index (κ3) is 5.86. The summed E-state index contributed by atoms with van der Waals surface area (Å²) in [5.41, 5.74) is 2.55. The van der Waals surface area contributed by atoms with E-state index in [0.29, 0.717) is 12.0 Å². The van der Waals surface area contributed by atoms with Crippen LogP contribution >= 0.6 is 11.6 Å². The number of hydrogen-bond acceptors (Lipinski definition) is 4. The van der Waals surface area contributed by atoms with E-state index in [2.05, 4.69) is 49.1 Å². The first kappa shape index (κ1) is 25.5. The summed E-state index contributed by atoms with van der Waals surface area (Å²) < 4.78 is 5.78. The van der Waals surface area contributed by atoms with E-state index < -0.39 is 0 Å². The second kappa shape index (κ2) is 11.9. The van der Waals surface area contributed by atoms with Gasteiger partial charge in [-0.25, -0.2) is 9.97 Å². The number of anilines is 1. The molecule has 2 unspecified atom stereocenters. The highest BCUT2D eigenvalue weighted by atomic mass is 35.5. The number of morpholine rings is 1. The average molecular weight is 506 g/mol. The number of ether oxygens (including phenoxy) is 1. The molecule has 3 atom stereocenters. The van der Waals surface area contributed by atoms with Crippen molar-refractivity contribution < 1.29 is 4.74 Å². The molecule has 192 valence electrons. The van der Waals surface area contributed by atoms with Gasteiger partial charge in [-0.2, -0.15) is 0 Å². The van der Waals surface area contributed by atoms with Gasteiger partial charge in [0.15, 0.2) is 0 Å². The van der Waals surface area contributed by atoms with E-state index >= 15 is 0 Å². The van der Waals surface area contributed by atoms with Gasteiger partial charge in [0.2, 0.25) is 0 Å². The summed E-state index contributed by atoms with van der Waals surface area (Å²) in [5.74, 6) is 3.46. The van der Waals surface area contributed by atoms with Crippen molar-refractivity contribution in [1.29, 1.82) is 0 Å². The molecular weight excluding hydrogens is 466 g/mol. The molecule has 3 aliphatic rings. The highest BCUT2D eigenvalue weighted by molar-refractivity contribution is 6.30. The van der Waals surface area contributed by atoms with Gasteiger partial charge in [-0.05, 0) is 74.3 Å². The van der Waals surface area contributed by atoms with E-state index in [-0.39, 0.29) is 0 Å². The molecule has 2 heterocycles. The van der Waals surface area contributed by atoms with Crippen LogP contribution in [0.15, 0.2) is 30.3 Å². The zero-order chi connectivity index (χ0) is 24.9. The number of hydrogen-bond donors (Lipinski definition) is 0. The lowest BCUT2D eigenvalue weighted by molar-refractivity contribution is 0.0984. The minimum absolute atomic E-state index is 0.297. The number of halogens is 1. The zero-order valence-electron chi connectivity index (χ0n) is 21.9. The highest BCUT2D eigenvalue weighted by Gasteiger charge is 2.25. The molecule has 4 nitrogen and oxygen atoms in total. The van der Waals surface area contributed by atoms with Gasteiger partial charge in [0.1, 0.15) is 11.6 Å². The Hall–Kier alpha value is -2.17. The van der Waals surface area contributed by atoms with E-state index in [0.717, 1.165) is 65.8 Å². The van der Waals surface area contributed by atoms with Gasteiger partial charge in [-0.3, -0.25) is 0 Å². The van der Waals surface area contributed by atoms with Gasteiger partial charge in [0.05, 0.1) is 24.6 Å². The maximum Gasteiger partial charge on any atom is 0.140 e. The lowest BCUT2D eigenvalue weighted by atomic mass is 9.84. The van der Waals surface area contributed by atoms with Gasteiger partial charge < -0.3 is 9.64 Å². The summed E-state index contributed by atoms with van der Waals surface area (Å²) in [6.07, 6.45) is 17.8. The standard InChI is InChI=1S/C31H40ClN3O/c1-3-23-7-4-5-8-26(12-11-23)30-33-29-10-6-9-24(25-13-16-27(32)17-14-25)15-18-28(29)31(34-30)35-19-20-36-21-22(35)2/h10,13-18,22-23,26H,3-9,11-12,19-21H2,1-2H3/b24-15-,28-18+,29-10-/t22-,23?,26?/m0/s1. The summed E-state index contributed by atoms with van der Waals surface area (Å²) in [6.45, 7) is 6.95. The molecule has 0 amide bonds. The minimum atomic E-state index is 0.297. The Labute approximate surface area is 221 Å². The van der Waals surface area contributed by atoms with Crippen molar-refractivity contribution in [3.63, 3.8) is 0 Å². The first-order valence-electron chi connectivity index (χ1n) is 14.0. The van der Waals surface area contributed by atoms with Crippen molar-refractivity contribution in [2.75, 3.05) is 24.7 Å². The SMILES string of the molecule is CCC1CCCCC(c2nc(N3CCOC[C@@H]3C)c3/c(n2)=C/CC\C(c2ccc(Cl)cc2)=C\C=3)CC1. The number of allylic oxidation sites excluding steroid dienone is 2. The largest absolute Gasteiger partial charge is 0.377 e. The van der Waals surface area contributed by atoms with Crippen LogP contribution in [0.2, 0.25) is 5.02 Å². The van der Waals surface area contributed by atoms with Crippen LogP contribution in [0.3, 0.4) is 0 Å². The normalized spacial score (nSPS) is 28.6. The highest BCUT2D eigenvalue weighted by Crippen LogP contribution is 2.33. The summed E-state index contributed by atoms with van der Waals surface area (Å²) in [7, 11) is 0. The van der Waals surface area contributed by atoms with E-state index in [9.17, 15) is 0 Å². The molecule has 0 radical (unpaired) electrons. The van der Waals surface area contributed by atoms with Gasteiger partial charge in [0, 0.05) is 22.7 Å². The van der Waals surface area contributed by atoms with Gasteiger partial charge in [-0.15, -0.1) is 0 Å². The van der Waals surface area contributed by atoms with Crippen LogP contribution in [0.4, 0.5) is 5.82 Å². The lowest BCUT2D eigenvalue weighted by Crippen LogP contribution is -2.49. The van der Waals surface area contributed by atoms with Crippen molar-refractivity contribution in [3.8, 4) is 0 Å². The number of rotatable bonds is 4. The number of fused-ring (bicyclic) bond motifs is 1. The molecular formula is C31H40ClN3O. The molecule has 1 saturated heterocycles. The first-order chi connectivity index (χ1) is 17.6. The Bertz CT molecular complexity index is 1190. The summed E-state index contributed by atoms with van der Waals surface area (Å²) in [5, 5.41) is 3.03. The molecule has 0 N–H and O–H groups in total. The molecule has 1 aliphatic heterocycles. The fourth-order valence-electron chi connectivity index (χ4n) is 6.00. The molecule has 0 bridgehead atoms. The van der Waals surface area contributed by atoms with Gasteiger partial charge >= 0.3 is 0 Å². The lowest BCUT2D eigenvalue weighted by Gasteiger charge is -2.35. The predicted octanol–water partition coefficient (Wildman–Crippen LogP) is 6.26. The molecule has 0 spiro atoms. The van der Waals surface area contributed by atoms with E-state index in [1.165, 1.54) is 56.1 Å². The maximum atomic E-state index is 6.14. The monoisotopic (exact) mass is 505 g/mol. The number of nitrogens with zero attached hydrogens (tertiary/aromatic N) is 3. The molecule has 5 heteroatoms. The molecule has 2 aliphatic carbocycles. The number of aromatic nitrogens is 2. The van der Waals surface area contributed by atoms with Crippen LogP contribution < -0.4 is 15.5 Å². The van der Waals surface area contributed by atoms with E-state index in [1.54, 1.807) is 0 Å². The van der Waals surface area contributed by atoms with Crippen LogP contribution in [0.25, 0.3) is 17.7 Å². The summed E-state index contributed by atoms with van der Waals surface area (Å²) >= 11 is 6.14. The fourth-order valence-corrected chi connectivity index (χ4v) is 6.13. The Morgan fingerprint density at radius 3 is 2.67 bits per heavy atom. The average Bonchev–Trinajstić information content (AvgIpc) is 2.85. The van der Waals surface area contributed by atoms with E-state index in [1.807, 2.05) is 12.1 Å². The Morgan fingerprint density at radius 1 is 1.03 bits per heavy atom. The van der Waals surface area contributed by atoms with Crippen molar-refractivity contribution >= 4 is 35.1 Å². The number of benzene rings is 1. The van der Waals surface area contributed by atoms with Crippen LogP contribution in [-0.4, -0.2) is 35.8 Å². The Morgan fingerprint density at radius 2 is 1.86 bits per heavy atom. The molecule has 2 aromatic rings. The predicted molar refractivity (Wildman–Crippen MR) is 151 cm³/mol. The van der Waals surface area contributed by atoms with Crippen molar-refractivity contribution in [3.05, 3.63) is 57.3 Å². The van der Waals surface area contributed by atoms with Gasteiger partial charge in [-0.1, -0.05) is 68.5 Å². The molecule has 5 rings (SSSR count). The molecule has 1 aromatic heterocycles. The first-order valence-corrected chi connectivity index (χ1v) is 14.4. The van der Waals surface area contributed by atoms with Crippen LogP contribution in [0.1, 0.15) is 88.9 Å². The second-order valence-corrected chi connectivity index (χ2v) is 11.2. The molecule has 1 aromatic carbocycles. The van der Waals surface area contributed by atoms with Crippen LogP contribution in [-0.2, 0) is 4.74 Å². The molecule has 1 saturated carbocycles. The van der Waals surface area contributed by atoms with Crippen LogP contribution in [0, 0.1) is 5.92 Å². The van der Waals surface area contributed by atoms with Crippen molar-refractivity contribution in [2.24, 2.45) is 5.92 Å². The smallest absolute Gasteiger partial charge is 0.140 e.